The van der Waals surface area contributed by atoms with Gasteiger partial charge in [-0.25, -0.2) is 4.98 Å². The maximum atomic E-state index is 4.50. The van der Waals surface area contributed by atoms with E-state index in [0.717, 1.165) is 24.6 Å². The van der Waals surface area contributed by atoms with Gasteiger partial charge in [0.05, 0.1) is 11.9 Å². The summed E-state index contributed by atoms with van der Waals surface area (Å²) in [4.78, 5) is 11.0. The largest absolute Gasteiger partial charge is 0.355 e. The Labute approximate surface area is 85.2 Å². The van der Waals surface area contributed by atoms with Gasteiger partial charge in [0.1, 0.15) is 5.82 Å². The molecule has 0 amide bonds. The van der Waals surface area contributed by atoms with Gasteiger partial charge in [-0.3, -0.25) is 4.98 Å². The average Bonchev–Trinajstić information content (AvgIpc) is 2.45. The SMILES string of the molecule is Cc1cncc(N2CCCCCC2)n1. The van der Waals surface area contributed by atoms with Crippen LogP contribution in [0.5, 0.6) is 0 Å². The number of hydrogen-bond acceptors (Lipinski definition) is 3. The van der Waals surface area contributed by atoms with Crippen molar-refractivity contribution in [3.05, 3.63) is 18.1 Å². The third kappa shape index (κ3) is 2.22. The van der Waals surface area contributed by atoms with Gasteiger partial charge >= 0.3 is 0 Å². The van der Waals surface area contributed by atoms with Gasteiger partial charge < -0.3 is 4.90 Å². The zero-order valence-corrected chi connectivity index (χ0v) is 8.74. The Balaban J connectivity index is 2.12. The first-order chi connectivity index (χ1) is 6.86. The molecule has 3 nitrogen and oxygen atoms in total. The van der Waals surface area contributed by atoms with Gasteiger partial charge in [-0.1, -0.05) is 12.8 Å². The fraction of sp³-hybridized carbons (Fsp3) is 0.636. The minimum Gasteiger partial charge on any atom is -0.355 e. The van der Waals surface area contributed by atoms with Crippen LogP contribution in [-0.2, 0) is 0 Å². The van der Waals surface area contributed by atoms with Crippen molar-refractivity contribution in [2.75, 3.05) is 18.0 Å². The smallest absolute Gasteiger partial charge is 0.147 e. The van der Waals surface area contributed by atoms with Crippen LogP contribution in [0, 0.1) is 6.92 Å². The van der Waals surface area contributed by atoms with Gasteiger partial charge in [0.25, 0.3) is 0 Å². The third-order valence-corrected chi connectivity index (χ3v) is 2.67. The van der Waals surface area contributed by atoms with Gasteiger partial charge in [0.15, 0.2) is 0 Å². The molecular formula is C11H17N3. The van der Waals surface area contributed by atoms with Crippen LogP contribution in [0.2, 0.25) is 0 Å². The first kappa shape index (κ1) is 9.44. The van der Waals surface area contributed by atoms with Crippen molar-refractivity contribution in [2.24, 2.45) is 0 Å². The number of aryl methyl sites for hydroxylation is 1. The first-order valence-corrected chi connectivity index (χ1v) is 5.40. The summed E-state index contributed by atoms with van der Waals surface area (Å²) in [7, 11) is 0. The molecule has 1 aromatic heterocycles. The molecule has 14 heavy (non-hydrogen) atoms. The molecule has 1 fully saturated rings. The van der Waals surface area contributed by atoms with E-state index in [1.54, 1.807) is 6.20 Å². The number of rotatable bonds is 1. The van der Waals surface area contributed by atoms with Crippen molar-refractivity contribution < 1.29 is 0 Å². The van der Waals surface area contributed by atoms with Gasteiger partial charge in [0, 0.05) is 19.3 Å². The lowest BCUT2D eigenvalue weighted by Gasteiger charge is -2.20. The standard InChI is InChI=1S/C11H17N3/c1-10-8-12-9-11(13-10)14-6-4-2-3-5-7-14/h8-9H,2-7H2,1H3. The van der Waals surface area contributed by atoms with E-state index in [9.17, 15) is 0 Å². The second-order valence-corrected chi connectivity index (χ2v) is 3.92. The summed E-state index contributed by atoms with van der Waals surface area (Å²) in [5.74, 6) is 1.05. The highest BCUT2D eigenvalue weighted by molar-refractivity contribution is 5.36. The number of aromatic nitrogens is 2. The molecule has 2 rings (SSSR count). The minimum atomic E-state index is 1.01. The second-order valence-electron chi connectivity index (χ2n) is 3.92. The topological polar surface area (TPSA) is 29.0 Å². The highest BCUT2D eigenvalue weighted by Crippen LogP contribution is 2.16. The van der Waals surface area contributed by atoms with Crippen LogP contribution < -0.4 is 4.90 Å². The van der Waals surface area contributed by atoms with Crippen LogP contribution in [0.15, 0.2) is 12.4 Å². The number of nitrogens with zero attached hydrogens (tertiary/aromatic N) is 3. The molecule has 1 aliphatic heterocycles. The summed E-state index contributed by atoms with van der Waals surface area (Å²) in [5.41, 5.74) is 1.01. The fourth-order valence-corrected chi connectivity index (χ4v) is 1.90. The van der Waals surface area contributed by atoms with Crippen LogP contribution in [0.3, 0.4) is 0 Å². The number of hydrogen-bond donors (Lipinski definition) is 0. The molecule has 1 aromatic rings. The van der Waals surface area contributed by atoms with Crippen molar-refractivity contribution in [1.82, 2.24) is 9.97 Å². The van der Waals surface area contributed by atoms with Crippen molar-refractivity contribution in [3.63, 3.8) is 0 Å². The van der Waals surface area contributed by atoms with Crippen LogP contribution in [0.1, 0.15) is 31.4 Å². The molecule has 0 spiro atoms. The quantitative estimate of drug-likeness (QED) is 0.681. The highest BCUT2D eigenvalue weighted by atomic mass is 15.2. The molecule has 1 saturated heterocycles. The molecule has 0 N–H and O–H groups in total. The van der Waals surface area contributed by atoms with E-state index in [2.05, 4.69) is 14.9 Å². The minimum absolute atomic E-state index is 1.01. The third-order valence-electron chi connectivity index (χ3n) is 2.67. The maximum Gasteiger partial charge on any atom is 0.147 e. The van der Waals surface area contributed by atoms with Crippen LogP contribution in [-0.4, -0.2) is 23.1 Å². The van der Waals surface area contributed by atoms with E-state index in [-0.39, 0.29) is 0 Å². The monoisotopic (exact) mass is 191 g/mol. The lowest BCUT2D eigenvalue weighted by atomic mass is 10.2. The zero-order valence-electron chi connectivity index (χ0n) is 8.74. The maximum absolute atomic E-state index is 4.50. The summed E-state index contributed by atoms with van der Waals surface area (Å²) < 4.78 is 0. The average molecular weight is 191 g/mol. The van der Waals surface area contributed by atoms with Crippen molar-refractivity contribution in [1.29, 1.82) is 0 Å². The molecule has 2 heterocycles. The Hall–Kier alpha value is -1.12. The van der Waals surface area contributed by atoms with E-state index < -0.39 is 0 Å². The molecular weight excluding hydrogens is 174 g/mol. The van der Waals surface area contributed by atoms with Crippen molar-refractivity contribution in [3.8, 4) is 0 Å². The highest BCUT2D eigenvalue weighted by Gasteiger charge is 2.10. The van der Waals surface area contributed by atoms with E-state index in [0.29, 0.717) is 0 Å². The molecule has 3 heteroatoms. The van der Waals surface area contributed by atoms with Crippen LogP contribution in [0.25, 0.3) is 0 Å². The van der Waals surface area contributed by atoms with Gasteiger partial charge in [-0.2, -0.15) is 0 Å². The lowest BCUT2D eigenvalue weighted by Crippen LogP contribution is -2.25. The summed E-state index contributed by atoms with van der Waals surface area (Å²) in [6, 6.07) is 0. The van der Waals surface area contributed by atoms with Crippen LogP contribution >= 0.6 is 0 Å². The summed E-state index contributed by atoms with van der Waals surface area (Å²) in [5, 5.41) is 0. The molecule has 76 valence electrons. The lowest BCUT2D eigenvalue weighted by molar-refractivity contribution is 0.726. The van der Waals surface area contributed by atoms with E-state index in [1.807, 2.05) is 13.1 Å². The van der Waals surface area contributed by atoms with Gasteiger partial charge in [0.2, 0.25) is 0 Å². The van der Waals surface area contributed by atoms with E-state index >= 15 is 0 Å². The fourth-order valence-electron chi connectivity index (χ4n) is 1.90. The van der Waals surface area contributed by atoms with E-state index in [1.165, 1.54) is 25.7 Å². The van der Waals surface area contributed by atoms with Gasteiger partial charge in [-0.05, 0) is 19.8 Å². The summed E-state index contributed by atoms with van der Waals surface area (Å²) in [6.45, 7) is 4.27. The first-order valence-electron chi connectivity index (χ1n) is 5.40. The Morgan fingerprint density at radius 1 is 1.07 bits per heavy atom. The second kappa shape index (κ2) is 4.40. The molecule has 0 radical (unpaired) electrons. The number of anilines is 1. The molecule has 0 aromatic carbocycles. The van der Waals surface area contributed by atoms with Crippen molar-refractivity contribution in [2.45, 2.75) is 32.6 Å². The Morgan fingerprint density at radius 3 is 2.43 bits per heavy atom. The van der Waals surface area contributed by atoms with E-state index in [4.69, 9.17) is 0 Å². The van der Waals surface area contributed by atoms with Crippen molar-refractivity contribution >= 4 is 5.82 Å². The normalized spacial score (nSPS) is 17.9. The predicted octanol–water partition coefficient (Wildman–Crippen LogP) is 2.17. The van der Waals surface area contributed by atoms with Gasteiger partial charge in [-0.15, -0.1) is 0 Å². The summed E-state index contributed by atoms with van der Waals surface area (Å²) >= 11 is 0. The molecule has 0 atom stereocenters. The Morgan fingerprint density at radius 2 is 1.79 bits per heavy atom. The molecule has 0 bridgehead atoms. The summed E-state index contributed by atoms with van der Waals surface area (Å²) in [6.07, 6.45) is 8.97. The predicted molar refractivity (Wildman–Crippen MR) is 57.5 cm³/mol. The Bertz CT molecular complexity index is 290. The Kier molecular flexibility index (Phi) is 2.96. The van der Waals surface area contributed by atoms with Crippen LogP contribution in [0.4, 0.5) is 5.82 Å². The molecule has 0 aliphatic carbocycles. The molecule has 1 aliphatic rings. The molecule has 0 unspecified atom stereocenters. The molecule has 0 saturated carbocycles. The zero-order chi connectivity index (χ0) is 9.80.